The quantitative estimate of drug-likeness (QED) is 0.773. The highest BCUT2D eigenvalue weighted by atomic mass is 19.1. The van der Waals surface area contributed by atoms with Gasteiger partial charge in [0.05, 0.1) is 12.1 Å². The van der Waals surface area contributed by atoms with Crippen molar-refractivity contribution in [3.05, 3.63) is 29.6 Å². The molecule has 0 saturated heterocycles. The second-order valence-corrected chi connectivity index (χ2v) is 5.04. The largest absolute Gasteiger partial charge is 0.394 e. The van der Waals surface area contributed by atoms with Crippen LogP contribution in [-0.2, 0) is 0 Å². The van der Waals surface area contributed by atoms with Crippen LogP contribution in [-0.4, -0.2) is 17.3 Å². The van der Waals surface area contributed by atoms with Gasteiger partial charge in [-0.3, -0.25) is 0 Å². The number of unbranched alkanes of at least 4 members (excludes halogenated alkanes) is 1. The molecule has 0 heterocycles. The molecular weight excluding hydrogens is 229 g/mol. The molecule has 0 radical (unpaired) electrons. The van der Waals surface area contributed by atoms with Crippen molar-refractivity contribution in [2.24, 2.45) is 0 Å². The summed E-state index contributed by atoms with van der Waals surface area (Å²) >= 11 is 0. The van der Waals surface area contributed by atoms with Crippen molar-refractivity contribution in [1.29, 1.82) is 0 Å². The van der Waals surface area contributed by atoms with Crippen LogP contribution in [0.3, 0.4) is 0 Å². The van der Waals surface area contributed by atoms with Crippen molar-refractivity contribution in [3.63, 3.8) is 0 Å². The molecule has 0 amide bonds. The van der Waals surface area contributed by atoms with Gasteiger partial charge in [-0.25, -0.2) is 4.39 Å². The Morgan fingerprint density at radius 1 is 1.28 bits per heavy atom. The lowest BCUT2D eigenvalue weighted by Gasteiger charge is -2.33. The fourth-order valence-corrected chi connectivity index (χ4v) is 2.19. The fraction of sp³-hybridized carbons (Fsp3) is 0.600. The summed E-state index contributed by atoms with van der Waals surface area (Å²) in [5.41, 5.74) is 1.30. The van der Waals surface area contributed by atoms with Crippen LogP contribution in [0.5, 0.6) is 0 Å². The Kier molecular flexibility index (Phi) is 5.60. The zero-order valence-electron chi connectivity index (χ0n) is 11.6. The first-order chi connectivity index (χ1) is 8.55. The van der Waals surface area contributed by atoms with Crippen LogP contribution in [0.1, 0.15) is 45.1 Å². The Hall–Kier alpha value is -1.09. The number of nitrogens with one attached hydrogen (secondary N) is 1. The zero-order chi connectivity index (χ0) is 13.6. The highest BCUT2D eigenvalue weighted by Gasteiger charge is 2.26. The van der Waals surface area contributed by atoms with Gasteiger partial charge in [-0.2, -0.15) is 0 Å². The lowest BCUT2D eigenvalue weighted by Crippen LogP contribution is -2.41. The Labute approximate surface area is 109 Å². The average molecular weight is 253 g/mol. The van der Waals surface area contributed by atoms with Gasteiger partial charge in [0.2, 0.25) is 0 Å². The maximum Gasteiger partial charge on any atom is 0.125 e. The van der Waals surface area contributed by atoms with Crippen molar-refractivity contribution in [3.8, 4) is 0 Å². The number of hydrogen-bond acceptors (Lipinski definition) is 2. The molecule has 0 spiro atoms. The van der Waals surface area contributed by atoms with Crippen molar-refractivity contribution >= 4 is 5.69 Å². The predicted octanol–water partition coefficient (Wildman–Crippen LogP) is 3.88. The SMILES string of the molecule is CCCCC(CC)(CO)Nc1cc(C)cc(F)c1. The monoisotopic (exact) mass is 253 g/mol. The van der Waals surface area contributed by atoms with Crippen LogP contribution in [0.2, 0.25) is 0 Å². The van der Waals surface area contributed by atoms with Crippen LogP contribution >= 0.6 is 0 Å². The summed E-state index contributed by atoms with van der Waals surface area (Å²) in [7, 11) is 0. The Balaban J connectivity index is 2.88. The maximum absolute atomic E-state index is 13.4. The zero-order valence-corrected chi connectivity index (χ0v) is 11.6. The highest BCUT2D eigenvalue weighted by molar-refractivity contribution is 5.48. The van der Waals surface area contributed by atoms with Crippen molar-refractivity contribution in [1.82, 2.24) is 0 Å². The lowest BCUT2D eigenvalue weighted by atomic mass is 9.90. The van der Waals surface area contributed by atoms with E-state index in [0.29, 0.717) is 0 Å². The van der Waals surface area contributed by atoms with E-state index in [1.165, 1.54) is 12.1 Å². The molecule has 0 aromatic heterocycles. The summed E-state index contributed by atoms with van der Waals surface area (Å²) < 4.78 is 13.4. The smallest absolute Gasteiger partial charge is 0.125 e. The normalized spacial score (nSPS) is 14.3. The van der Waals surface area contributed by atoms with Gasteiger partial charge in [0.1, 0.15) is 5.82 Å². The molecule has 0 aliphatic rings. The molecule has 1 rings (SSSR count). The number of hydrogen-bond donors (Lipinski definition) is 2. The van der Waals surface area contributed by atoms with E-state index >= 15 is 0 Å². The van der Waals surface area contributed by atoms with Crippen LogP contribution in [0, 0.1) is 12.7 Å². The van der Waals surface area contributed by atoms with E-state index in [4.69, 9.17) is 0 Å². The number of aryl methyl sites for hydroxylation is 1. The molecule has 1 aromatic carbocycles. The van der Waals surface area contributed by atoms with E-state index in [9.17, 15) is 9.50 Å². The number of benzene rings is 1. The van der Waals surface area contributed by atoms with Crippen LogP contribution in [0.15, 0.2) is 18.2 Å². The second kappa shape index (κ2) is 6.74. The van der Waals surface area contributed by atoms with Gasteiger partial charge >= 0.3 is 0 Å². The third-order valence-electron chi connectivity index (χ3n) is 3.44. The highest BCUT2D eigenvalue weighted by Crippen LogP contribution is 2.25. The second-order valence-electron chi connectivity index (χ2n) is 5.04. The van der Waals surface area contributed by atoms with Gasteiger partial charge in [0.15, 0.2) is 0 Å². The summed E-state index contributed by atoms with van der Waals surface area (Å²) in [4.78, 5) is 0. The number of aliphatic hydroxyl groups is 1. The predicted molar refractivity (Wildman–Crippen MR) is 74.4 cm³/mol. The third kappa shape index (κ3) is 3.98. The summed E-state index contributed by atoms with van der Waals surface area (Å²) in [5.74, 6) is -0.240. The first-order valence-electron chi connectivity index (χ1n) is 6.71. The molecule has 102 valence electrons. The molecule has 0 bridgehead atoms. The summed E-state index contributed by atoms with van der Waals surface area (Å²) in [6.07, 6.45) is 3.85. The summed E-state index contributed by atoms with van der Waals surface area (Å²) in [6, 6.07) is 4.90. The molecule has 0 aliphatic carbocycles. The number of anilines is 1. The molecule has 0 saturated carbocycles. The standard InChI is InChI=1S/C15H24FNO/c1-4-6-7-15(5-2,11-18)17-14-9-12(3)8-13(16)10-14/h8-10,17-18H,4-7,11H2,1-3H3. The van der Waals surface area contributed by atoms with Gasteiger partial charge < -0.3 is 10.4 Å². The van der Waals surface area contributed by atoms with E-state index in [-0.39, 0.29) is 18.0 Å². The maximum atomic E-state index is 13.4. The molecule has 18 heavy (non-hydrogen) atoms. The van der Waals surface area contributed by atoms with Gasteiger partial charge in [0, 0.05) is 5.69 Å². The third-order valence-corrected chi connectivity index (χ3v) is 3.44. The Morgan fingerprint density at radius 2 is 2.00 bits per heavy atom. The van der Waals surface area contributed by atoms with E-state index in [1.807, 2.05) is 19.9 Å². The van der Waals surface area contributed by atoms with E-state index in [1.54, 1.807) is 0 Å². The summed E-state index contributed by atoms with van der Waals surface area (Å²) in [6.45, 7) is 6.11. The molecule has 0 aliphatic heterocycles. The van der Waals surface area contributed by atoms with Crippen LogP contribution < -0.4 is 5.32 Å². The number of halogens is 1. The molecule has 0 fully saturated rings. The van der Waals surface area contributed by atoms with E-state index in [2.05, 4.69) is 12.2 Å². The van der Waals surface area contributed by atoms with Crippen LogP contribution in [0.25, 0.3) is 0 Å². The first kappa shape index (κ1) is 15.0. The van der Waals surface area contributed by atoms with E-state index < -0.39 is 0 Å². The van der Waals surface area contributed by atoms with Gasteiger partial charge in [-0.15, -0.1) is 0 Å². The molecule has 1 aromatic rings. The first-order valence-corrected chi connectivity index (χ1v) is 6.71. The minimum Gasteiger partial charge on any atom is -0.394 e. The Morgan fingerprint density at radius 3 is 2.50 bits per heavy atom. The number of rotatable bonds is 7. The lowest BCUT2D eigenvalue weighted by molar-refractivity contribution is 0.195. The summed E-state index contributed by atoms with van der Waals surface area (Å²) in [5, 5.41) is 13.0. The van der Waals surface area contributed by atoms with E-state index in [0.717, 1.165) is 36.9 Å². The van der Waals surface area contributed by atoms with Gasteiger partial charge in [-0.1, -0.05) is 26.7 Å². The van der Waals surface area contributed by atoms with Crippen molar-refractivity contribution in [2.75, 3.05) is 11.9 Å². The Bertz CT molecular complexity index is 355. The van der Waals surface area contributed by atoms with Crippen molar-refractivity contribution in [2.45, 2.75) is 52.0 Å². The van der Waals surface area contributed by atoms with Crippen molar-refractivity contribution < 1.29 is 9.50 Å². The fourth-order valence-electron chi connectivity index (χ4n) is 2.19. The molecule has 1 atom stereocenters. The topological polar surface area (TPSA) is 32.3 Å². The van der Waals surface area contributed by atoms with Crippen LogP contribution in [0.4, 0.5) is 10.1 Å². The molecule has 1 unspecified atom stereocenters. The van der Waals surface area contributed by atoms with Gasteiger partial charge in [-0.05, 0) is 43.5 Å². The molecule has 2 nitrogen and oxygen atoms in total. The number of aliphatic hydroxyl groups excluding tert-OH is 1. The minimum atomic E-state index is -0.337. The molecule has 3 heteroatoms. The minimum absolute atomic E-state index is 0.0685. The van der Waals surface area contributed by atoms with Gasteiger partial charge in [0.25, 0.3) is 0 Å². The molecule has 2 N–H and O–H groups in total. The average Bonchev–Trinajstić information content (AvgIpc) is 2.33. The molecular formula is C15H24FNO.